The Morgan fingerprint density at radius 3 is 2.67 bits per heavy atom. The zero-order chi connectivity index (χ0) is 9.35. The number of alkyl halides is 2. The van der Waals surface area contributed by atoms with E-state index in [9.17, 15) is 8.78 Å². The summed E-state index contributed by atoms with van der Waals surface area (Å²) in [7, 11) is 0. The molecule has 1 aromatic heterocycles. The Morgan fingerprint density at radius 2 is 2.33 bits per heavy atom. The van der Waals surface area contributed by atoms with Crippen LogP contribution in [0.4, 0.5) is 8.78 Å². The molecule has 0 radical (unpaired) electrons. The fourth-order valence-electron chi connectivity index (χ4n) is 0.721. The Morgan fingerprint density at radius 1 is 1.75 bits per heavy atom. The van der Waals surface area contributed by atoms with Gasteiger partial charge in [-0.2, -0.15) is 13.9 Å². The van der Waals surface area contributed by atoms with E-state index in [2.05, 4.69) is 22.4 Å². The van der Waals surface area contributed by atoms with Gasteiger partial charge in [-0.05, 0) is 12.2 Å². The molecule has 4 nitrogen and oxygen atoms in total. The van der Waals surface area contributed by atoms with Crippen molar-refractivity contribution in [1.29, 1.82) is 0 Å². The van der Waals surface area contributed by atoms with Crippen LogP contribution in [0.5, 0.6) is 0 Å². The van der Waals surface area contributed by atoms with E-state index in [1.807, 2.05) is 0 Å². The maximum atomic E-state index is 12.9. The van der Waals surface area contributed by atoms with Crippen molar-refractivity contribution in [1.82, 2.24) is 14.9 Å². The van der Waals surface area contributed by atoms with Gasteiger partial charge in [-0.15, -0.1) is 0 Å². The average molecular weight is 194 g/mol. The summed E-state index contributed by atoms with van der Waals surface area (Å²) >= 11 is 4.58. The molecule has 0 spiro atoms. The lowest BCUT2D eigenvalue weighted by atomic mass is 10.2. The van der Waals surface area contributed by atoms with Crippen LogP contribution in [0.25, 0.3) is 0 Å². The third-order valence-electron chi connectivity index (χ3n) is 1.48. The Hall–Kier alpha value is -0.980. The standard InChI is InChI=1S/C5H8F2N4S/c1-2-5(6,7)3-9-10-4(12)11(3)8/h2,8H2,1H3,(H,10,12). The van der Waals surface area contributed by atoms with E-state index >= 15 is 0 Å². The van der Waals surface area contributed by atoms with Crippen molar-refractivity contribution < 1.29 is 8.78 Å². The normalized spacial score (nSPS) is 11.9. The first-order valence-corrected chi connectivity index (χ1v) is 3.70. The molecule has 0 atom stereocenters. The summed E-state index contributed by atoms with van der Waals surface area (Å²) in [6.07, 6.45) is -0.357. The fraction of sp³-hybridized carbons (Fsp3) is 0.600. The highest BCUT2D eigenvalue weighted by Gasteiger charge is 2.34. The first-order valence-electron chi connectivity index (χ1n) is 3.30. The molecule has 0 bridgehead atoms. The monoisotopic (exact) mass is 194 g/mol. The van der Waals surface area contributed by atoms with Crippen LogP contribution in [0.3, 0.4) is 0 Å². The quantitative estimate of drug-likeness (QED) is 0.548. The maximum Gasteiger partial charge on any atom is 0.308 e. The van der Waals surface area contributed by atoms with Gasteiger partial charge in [0, 0.05) is 6.42 Å². The molecule has 0 aromatic carbocycles. The van der Waals surface area contributed by atoms with Crippen LogP contribution < -0.4 is 5.84 Å². The second-order valence-corrected chi connectivity index (χ2v) is 2.67. The van der Waals surface area contributed by atoms with Gasteiger partial charge in [-0.1, -0.05) is 6.92 Å². The van der Waals surface area contributed by atoms with E-state index in [0.717, 1.165) is 0 Å². The molecule has 0 saturated carbocycles. The second kappa shape index (κ2) is 2.81. The lowest BCUT2D eigenvalue weighted by molar-refractivity contribution is -0.0199. The summed E-state index contributed by atoms with van der Waals surface area (Å²) in [6.45, 7) is 1.34. The molecular formula is C5H8F2N4S. The number of aromatic amines is 1. The third kappa shape index (κ3) is 1.31. The number of nitrogen functional groups attached to an aromatic ring is 1. The van der Waals surface area contributed by atoms with Crippen LogP contribution in [0.1, 0.15) is 19.2 Å². The predicted molar refractivity (Wildman–Crippen MR) is 41.7 cm³/mol. The number of hydrogen-bond donors (Lipinski definition) is 2. The number of hydrogen-bond acceptors (Lipinski definition) is 3. The molecule has 3 N–H and O–H groups in total. The largest absolute Gasteiger partial charge is 0.335 e. The zero-order valence-corrected chi connectivity index (χ0v) is 7.16. The SMILES string of the molecule is CCC(F)(F)c1n[nH]c(=S)n1N. The Balaban J connectivity index is 3.20. The first kappa shape index (κ1) is 9.11. The molecule has 12 heavy (non-hydrogen) atoms. The van der Waals surface area contributed by atoms with E-state index in [0.29, 0.717) is 4.68 Å². The van der Waals surface area contributed by atoms with Crippen LogP contribution in [0.15, 0.2) is 0 Å². The molecule has 0 aliphatic heterocycles. The summed E-state index contributed by atoms with van der Waals surface area (Å²) in [5.74, 6) is 1.65. The highest BCUT2D eigenvalue weighted by atomic mass is 32.1. The number of nitrogens with one attached hydrogen (secondary N) is 1. The molecule has 68 valence electrons. The van der Waals surface area contributed by atoms with Crippen molar-refractivity contribution in [3.63, 3.8) is 0 Å². The van der Waals surface area contributed by atoms with E-state index < -0.39 is 11.7 Å². The number of nitrogens with zero attached hydrogens (tertiary/aromatic N) is 2. The van der Waals surface area contributed by atoms with Gasteiger partial charge in [-0.3, -0.25) is 0 Å². The molecule has 0 aliphatic carbocycles. The zero-order valence-electron chi connectivity index (χ0n) is 6.34. The van der Waals surface area contributed by atoms with Crippen LogP contribution in [-0.4, -0.2) is 14.9 Å². The first-order chi connectivity index (χ1) is 5.49. The minimum atomic E-state index is -3.03. The summed E-state index contributed by atoms with van der Waals surface area (Å²) in [5, 5.41) is 5.52. The summed E-state index contributed by atoms with van der Waals surface area (Å²) in [6, 6.07) is 0. The van der Waals surface area contributed by atoms with Crippen LogP contribution in [-0.2, 0) is 5.92 Å². The van der Waals surface area contributed by atoms with E-state index in [1.54, 1.807) is 0 Å². The van der Waals surface area contributed by atoms with Crippen molar-refractivity contribution in [3.8, 4) is 0 Å². The smallest absolute Gasteiger partial charge is 0.308 e. The van der Waals surface area contributed by atoms with Crippen LogP contribution in [0, 0.1) is 4.77 Å². The van der Waals surface area contributed by atoms with E-state index in [-0.39, 0.29) is 11.2 Å². The van der Waals surface area contributed by atoms with Crippen molar-refractivity contribution >= 4 is 12.2 Å². The van der Waals surface area contributed by atoms with E-state index in [4.69, 9.17) is 5.84 Å². The number of aromatic nitrogens is 3. The maximum absolute atomic E-state index is 12.9. The van der Waals surface area contributed by atoms with Gasteiger partial charge in [0.15, 0.2) is 0 Å². The third-order valence-corrected chi connectivity index (χ3v) is 1.76. The summed E-state index contributed by atoms with van der Waals surface area (Å²) < 4.78 is 26.5. The van der Waals surface area contributed by atoms with Crippen molar-refractivity contribution in [2.75, 3.05) is 5.84 Å². The Kier molecular flexibility index (Phi) is 2.14. The van der Waals surface area contributed by atoms with Gasteiger partial charge < -0.3 is 5.84 Å². The molecule has 7 heteroatoms. The Labute approximate surface area is 72.4 Å². The van der Waals surface area contributed by atoms with Gasteiger partial charge in [0.1, 0.15) is 0 Å². The average Bonchev–Trinajstić information content (AvgIpc) is 2.33. The molecule has 0 aliphatic rings. The van der Waals surface area contributed by atoms with Gasteiger partial charge in [0.05, 0.1) is 0 Å². The highest BCUT2D eigenvalue weighted by molar-refractivity contribution is 7.71. The molecule has 0 unspecified atom stereocenters. The van der Waals surface area contributed by atoms with Crippen molar-refractivity contribution in [3.05, 3.63) is 10.6 Å². The van der Waals surface area contributed by atoms with Crippen LogP contribution in [0.2, 0.25) is 0 Å². The number of nitrogens with two attached hydrogens (primary N) is 1. The highest BCUT2D eigenvalue weighted by Crippen LogP contribution is 2.28. The molecule has 1 rings (SSSR count). The fourth-order valence-corrected chi connectivity index (χ4v) is 0.853. The molecule has 0 saturated heterocycles. The molecule has 1 heterocycles. The summed E-state index contributed by atoms with van der Waals surface area (Å²) in [4.78, 5) is 0. The van der Waals surface area contributed by atoms with Gasteiger partial charge in [-0.25, -0.2) is 9.77 Å². The number of H-pyrrole nitrogens is 1. The lowest BCUT2D eigenvalue weighted by Gasteiger charge is -2.11. The van der Waals surface area contributed by atoms with Crippen molar-refractivity contribution in [2.24, 2.45) is 0 Å². The Bertz CT molecular complexity index is 328. The van der Waals surface area contributed by atoms with Crippen LogP contribution >= 0.6 is 12.2 Å². The van der Waals surface area contributed by atoms with Gasteiger partial charge in [0.2, 0.25) is 10.6 Å². The van der Waals surface area contributed by atoms with E-state index in [1.165, 1.54) is 6.92 Å². The minimum absolute atomic E-state index is 0.0156. The predicted octanol–water partition coefficient (Wildman–Crippen LogP) is 1.16. The van der Waals surface area contributed by atoms with Crippen molar-refractivity contribution in [2.45, 2.75) is 19.3 Å². The van der Waals surface area contributed by atoms with Gasteiger partial charge in [0.25, 0.3) is 0 Å². The molecule has 0 amide bonds. The molecule has 0 fully saturated rings. The lowest BCUT2D eigenvalue weighted by Crippen LogP contribution is -2.23. The molecular weight excluding hydrogens is 186 g/mol. The summed E-state index contributed by atoms with van der Waals surface area (Å²) in [5.41, 5.74) is 0. The molecule has 1 aromatic rings. The number of halogens is 2. The number of rotatable bonds is 2. The second-order valence-electron chi connectivity index (χ2n) is 2.28. The van der Waals surface area contributed by atoms with Gasteiger partial charge >= 0.3 is 5.92 Å². The minimum Gasteiger partial charge on any atom is -0.335 e. The topological polar surface area (TPSA) is 59.6 Å².